The topological polar surface area (TPSA) is 72.7 Å². The zero-order chi connectivity index (χ0) is 16.9. The Morgan fingerprint density at radius 2 is 1.67 bits per heavy atom. The van der Waals surface area contributed by atoms with E-state index in [9.17, 15) is 14.9 Å². The highest BCUT2D eigenvalue weighted by atomic mass is 16.6. The predicted octanol–water partition coefficient (Wildman–Crippen LogP) is 3.34. The fourth-order valence-electron chi connectivity index (χ4n) is 2.77. The number of carbonyl (C=O) groups is 1. The molecule has 2 aromatic rings. The molecule has 0 radical (unpaired) electrons. The zero-order valence-electron chi connectivity index (χ0n) is 13.1. The lowest BCUT2D eigenvalue weighted by Crippen LogP contribution is -2.35. The summed E-state index contributed by atoms with van der Waals surface area (Å²) in [6.45, 7) is 1.48. The zero-order valence-corrected chi connectivity index (χ0v) is 13.1. The Hall–Kier alpha value is -2.89. The van der Waals surface area contributed by atoms with Crippen LogP contribution < -0.4 is 4.74 Å². The van der Waals surface area contributed by atoms with E-state index in [2.05, 4.69) is 0 Å². The SMILES string of the molecule is O=C([C@H](Oc1ccc([N+](=O)[O-])cc1)c1ccccc1)N1CCCC1. The number of hydrogen-bond donors (Lipinski definition) is 0. The van der Waals surface area contributed by atoms with Crippen LogP contribution >= 0.6 is 0 Å². The highest BCUT2D eigenvalue weighted by molar-refractivity contribution is 5.83. The van der Waals surface area contributed by atoms with Crippen LogP contribution in [0, 0.1) is 10.1 Å². The van der Waals surface area contributed by atoms with Crippen molar-refractivity contribution in [3.05, 3.63) is 70.3 Å². The smallest absolute Gasteiger partial charge is 0.269 e. The van der Waals surface area contributed by atoms with Crippen LogP contribution in [-0.2, 0) is 4.79 Å². The van der Waals surface area contributed by atoms with Crippen LogP contribution in [-0.4, -0.2) is 28.8 Å². The number of likely N-dealkylation sites (tertiary alicyclic amines) is 1. The van der Waals surface area contributed by atoms with E-state index in [4.69, 9.17) is 4.74 Å². The van der Waals surface area contributed by atoms with E-state index in [1.807, 2.05) is 35.2 Å². The third-order valence-electron chi connectivity index (χ3n) is 4.05. The number of rotatable bonds is 5. The molecule has 0 bridgehead atoms. The van der Waals surface area contributed by atoms with Crippen molar-refractivity contribution >= 4 is 11.6 Å². The Morgan fingerprint density at radius 3 is 2.25 bits per heavy atom. The summed E-state index contributed by atoms with van der Waals surface area (Å²) in [5, 5.41) is 10.7. The van der Waals surface area contributed by atoms with E-state index < -0.39 is 11.0 Å². The van der Waals surface area contributed by atoms with E-state index in [1.54, 1.807) is 0 Å². The van der Waals surface area contributed by atoms with Gasteiger partial charge in [0.15, 0.2) is 0 Å². The van der Waals surface area contributed by atoms with E-state index in [1.165, 1.54) is 24.3 Å². The van der Waals surface area contributed by atoms with Gasteiger partial charge in [0.2, 0.25) is 6.10 Å². The minimum absolute atomic E-state index is 0.00974. The van der Waals surface area contributed by atoms with Crippen LogP contribution in [0.4, 0.5) is 5.69 Å². The second kappa shape index (κ2) is 7.12. The number of ether oxygens (including phenoxy) is 1. The first-order valence-electron chi connectivity index (χ1n) is 7.90. The van der Waals surface area contributed by atoms with Crippen molar-refractivity contribution in [3.8, 4) is 5.75 Å². The molecule has 6 nitrogen and oxygen atoms in total. The summed E-state index contributed by atoms with van der Waals surface area (Å²) in [6.07, 6.45) is 1.26. The summed E-state index contributed by atoms with van der Waals surface area (Å²) >= 11 is 0. The molecular formula is C18H18N2O4. The van der Waals surface area contributed by atoms with Crippen LogP contribution in [0.15, 0.2) is 54.6 Å². The van der Waals surface area contributed by atoms with E-state index in [0.29, 0.717) is 5.75 Å². The molecule has 6 heteroatoms. The highest BCUT2D eigenvalue weighted by Crippen LogP contribution is 2.27. The van der Waals surface area contributed by atoms with Crippen LogP contribution in [0.3, 0.4) is 0 Å². The van der Waals surface area contributed by atoms with Gasteiger partial charge in [0.25, 0.3) is 11.6 Å². The molecule has 1 aliphatic heterocycles. The van der Waals surface area contributed by atoms with Crippen molar-refractivity contribution in [3.63, 3.8) is 0 Å². The Kier molecular flexibility index (Phi) is 4.74. The second-order valence-corrected chi connectivity index (χ2v) is 5.69. The molecule has 0 saturated carbocycles. The number of amides is 1. The van der Waals surface area contributed by atoms with Gasteiger partial charge in [0.1, 0.15) is 5.75 Å². The number of nitro benzene ring substituents is 1. The molecule has 2 aromatic carbocycles. The molecule has 24 heavy (non-hydrogen) atoms. The summed E-state index contributed by atoms with van der Waals surface area (Å²) in [5.74, 6) is 0.360. The van der Waals surface area contributed by atoms with Gasteiger partial charge in [0.05, 0.1) is 4.92 Å². The summed E-state index contributed by atoms with van der Waals surface area (Å²) in [6, 6.07) is 15.1. The van der Waals surface area contributed by atoms with Crippen molar-refractivity contribution in [2.45, 2.75) is 18.9 Å². The second-order valence-electron chi connectivity index (χ2n) is 5.69. The average Bonchev–Trinajstić information content (AvgIpc) is 3.15. The summed E-state index contributed by atoms with van der Waals surface area (Å²) in [4.78, 5) is 24.9. The van der Waals surface area contributed by atoms with E-state index >= 15 is 0 Å². The quantitative estimate of drug-likeness (QED) is 0.624. The van der Waals surface area contributed by atoms with Crippen LogP contribution in [0.2, 0.25) is 0 Å². The monoisotopic (exact) mass is 326 g/mol. The number of carbonyl (C=O) groups excluding carboxylic acids is 1. The van der Waals surface area contributed by atoms with Gasteiger partial charge in [-0.2, -0.15) is 0 Å². The lowest BCUT2D eigenvalue weighted by atomic mass is 10.1. The molecule has 124 valence electrons. The van der Waals surface area contributed by atoms with Crippen molar-refractivity contribution in [2.75, 3.05) is 13.1 Å². The van der Waals surface area contributed by atoms with Gasteiger partial charge in [-0.1, -0.05) is 30.3 Å². The first-order chi connectivity index (χ1) is 11.6. The van der Waals surface area contributed by atoms with Crippen LogP contribution in [0.1, 0.15) is 24.5 Å². The largest absolute Gasteiger partial charge is 0.476 e. The molecule has 1 atom stereocenters. The van der Waals surface area contributed by atoms with E-state index in [0.717, 1.165) is 31.5 Å². The highest BCUT2D eigenvalue weighted by Gasteiger charge is 2.29. The molecule has 1 amide bonds. The van der Waals surface area contributed by atoms with Crippen molar-refractivity contribution < 1.29 is 14.5 Å². The summed E-state index contributed by atoms with van der Waals surface area (Å²) < 4.78 is 5.90. The van der Waals surface area contributed by atoms with Gasteiger partial charge in [-0.25, -0.2) is 0 Å². The minimum Gasteiger partial charge on any atom is -0.476 e. The number of nitrogens with zero attached hydrogens (tertiary/aromatic N) is 2. The van der Waals surface area contributed by atoms with Crippen LogP contribution in [0.5, 0.6) is 5.75 Å². The van der Waals surface area contributed by atoms with Gasteiger partial charge in [-0.15, -0.1) is 0 Å². The van der Waals surface area contributed by atoms with Gasteiger partial charge in [-0.05, 0) is 25.0 Å². The van der Waals surface area contributed by atoms with Crippen LogP contribution in [0.25, 0.3) is 0 Å². The molecule has 1 fully saturated rings. The normalized spacial score (nSPS) is 15.1. The number of benzene rings is 2. The maximum Gasteiger partial charge on any atom is 0.269 e. The maximum atomic E-state index is 12.8. The first-order valence-corrected chi connectivity index (χ1v) is 7.90. The van der Waals surface area contributed by atoms with Gasteiger partial charge >= 0.3 is 0 Å². The fraction of sp³-hybridized carbons (Fsp3) is 0.278. The van der Waals surface area contributed by atoms with Crippen molar-refractivity contribution in [2.24, 2.45) is 0 Å². The standard InChI is InChI=1S/C18H18N2O4/c21-18(19-12-4-5-13-19)17(14-6-2-1-3-7-14)24-16-10-8-15(9-11-16)20(22)23/h1-3,6-11,17H,4-5,12-13H2/t17-/m1/s1. The minimum atomic E-state index is -0.745. The molecule has 0 unspecified atom stereocenters. The number of nitro groups is 1. The maximum absolute atomic E-state index is 12.8. The van der Waals surface area contributed by atoms with Gasteiger partial charge in [-0.3, -0.25) is 14.9 Å². The molecule has 3 rings (SSSR count). The average molecular weight is 326 g/mol. The third kappa shape index (κ3) is 3.53. The van der Waals surface area contributed by atoms with E-state index in [-0.39, 0.29) is 11.6 Å². The fourth-order valence-corrected chi connectivity index (χ4v) is 2.77. The number of non-ortho nitro benzene ring substituents is 1. The molecular weight excluding hydrogens is 308 g/mol. The molecule has 1 heterocycles. The first kappa shape index (κ1) is 16.0. The van der Waals surface area contributed by atoms with Gasteiger partial charge < -0.3 is 9.64 Å². The third-order valence-corrected chi connectivity index (χ3v) is 4.05. The molecule has 0 aromatic heterocycles. The molecule has 0 aliphatic carbocycles. The lowest BCUT2D eigenvalue weighted by molar-refractivity contribution is -0.384. The Balaban J connectivity index is 1.84. The molecule has 0 spiro atoms. The van der Waals surface area contributed by atoms with Gasteiger partial charge in [0, 0.05) is 30.8 Å². The molecule has 1 saturated heterocycles. The Labute approximate surface area is 139 Å². The molecule has 0 N–H and O–H groups in total. The van der Waals surface area contributed by atoms with Crippen molar-refractivity contribution in [1.82, 2.24) is 4.90 Å². The molecule has 1 aliphatic rings. The predicted molar refractivity (Wildman–Crippen MR) is 88.7 cm³/mol. The number of hydrogen-bond acceptors (Lipinski definition) is 4. The Bertz CT molecular complexity index is 710. The summed E-state index contributed by atoms with van der Waals surface area (Å²) in [7, 11) is 0. The van der Waals surface area contributed by atoms with Crippen molar-refractivity contribution in [1.29, 1.82) is 0 Å². The lowest BCUT2D eigenvalue weighted by Gasteiger charge is -2.24. The summed E-state index contributed by atoms with van der Waals surface area (Å²) in [5.41, 5.74) is 0.761. The Morgan fingerprint density at radius 1 is 1.04 bits per heavy atom.